The maximum absolute atomic E-state index is 11.8. The second-order valence-electron chi connectivity index (χ2n) is 4.33. The number of hydrogen-bond acceptors (Lipinski definition) is 5. The molecule has 3 rings (SSSR count). The molecule has 0 bridgehead atoms. The van der Waals surface area contributed by atoms with Gasteiger partial charge < -0.3 is 10.1 Å². The summed E-state index contributed by atoms with van der Waals surface area (Å²) in [5.74, 6) is 0.790. The molecule has 0 spiro atoms. The van der Waals surface area contributed by atoms with Gasteiger partial charge in [0.05, 0.1) is 17.3 Å². The standard InChI is InChI=1S/C13H10ClN3O2S/c1-17-13(18)8(6-15)12(20-17)16-11-7-4-5-19-10(7)3-2-9(11)14/h2-3,16H,4-5H2,1H3. The van der Waals surface area contributed by atoms with Gasteiger partial charge in [0.15, 0.2) is 5.56 Å². The molecular weight excluding hydrogens is 298 g/mol. The minimum atomic E-state index is -0.306. The Labute approximate surface area is 124 Å². The number of hydrogen-bond donors (Lipinski definition) is 1. The molecule has 0 fully saturated rings. The zero-order chi connectivity index (χ0) is 14.3. The monoisotopic (exact) mass is 307 g/mol. The van der Waals surface area contributed by atoms with Gasteiger partial charge in [0, 0.05) is 19.0 Å². The maximum Gasteiger partial charge on any atom is 0.280 e. The number of benzene rings is 1. The third-order valence-corrected chi connectivity index (χ3v) is 4.38. The summed E-state index contributed by atoms with van der Waals surface area (Å²) in [6, 6.07) is 5.50. The SMILES string of the molecule is Cn1sc(Nc2c(Cl)ccc3c2CCO3)c(C#N)c1=O. The second-order valence-corrected chi connectivity index (χ2v) is 5.88. The molecule has 2 aromatic rings. The highest BCUT2D eigenvalue weighted by atomic mass is 35.5. The first-order valence-electron chi connectivity index (χ1n) is 5.93. The van der Waals surface area contributed by atoms with Crippen LogP contribution in [-0.2, 0) is 13.5 Å². The quantitative estimate of drug-likeness (QED) is 0.926. The number of nitrogens with zero attached hydrogens (tertiary/aromatic N) is 2. The molecule has 2 heterocycles. The number of aromatic nitrogens is 1. The van der Waals surface area contributed by atoms with Crippen LogP contribution in [0, 0.1) is 11.3 Å². The number of rotatable bonds is 2. The van der Waals surface area contributed by atoms with Gasteiger partial charge in [-0.25, -0.2) is 0 Å². The largest absolute Gasteiger partial charge is 0.493 e. The van der Waals surface area contributed by atoms with Crippen LogP contribution in [0.1, 0.15) is 11.1 Å². The van der Waals surface area contributed by atoms with E-state index >= 15 is 0 Å². The van der Waals surface area contributed by atoms with E-state index in [2.05, 4.69) is 5.32 Å². The molecule has 20 heavy (non-hydrogen) atoms. The van der Waals surface area contributed by atoms with Gasteiger partial charge in [-0.3, -0.25) is 8.75 Å². The highest BCUT2D eigenvalue weighted by Crippen LogP contribution is 2.39. The van der Waals surface area contributed by atoms with Crippen LogP contribution in [0.15, 0.2) is 16.9 Å². The van der Waals surface area contributed by atoms with E-state index < -0.39 is 0 Å². The van der Waals surface area contributed by atoms with E-state index in [0.29, 0.717) is 22.3 Å². The van der Waals surface area contributed by atoms with Crippen LogP contribution in [-0.4, -0.2) is 10.6 Å². The summed E-state index contributed by atoms with van der Waals surface area (Å²) >= 11 is 7.40. The van der Waals surface area contributed by atoms with Crippen molar-refractivity contribution in [1.29, 1.82) is 5.26 Å². The Morgan fingerprint density at radius 3 is 3.10 bits per heavy atom. The summed E-state index contributed by atoms with van der Waals surface area (Å²) < 4.78 is 6.90. The Morgan fingerprint density at radius 1 is 1.55 bits per heavy atom. The predicted octanol–water partition coefficient (Wildman–Crippen LogP) is 2.65. The van der Waals surface area contributed by atoms with Crippen LogP contribution in [0.25, 0.3) is 0 Å². The average Bonchev–Trinajstić information content (AvgIpc) is 2.99. The van der Waals surface area contributed by atoms with Crippen LogP contribution in [0.3, 0.4) is 0 Å². The van der Waals surface area contributed by atoms with Gasteiger partial charge >= 0.3 is 0 Å². The lowest BCUT2D eigenvalue weighted by molar-refractivity contribution is 0.357. The molecule has 1 aromatic carbocycles. The lowest BCUT2D eigenvalue weighted by Crippen LogP contribution is -2.11. The number of ether oxygens (including phenoxy) is 1. The number of nitrogens with one attached hydrogen (secondary N) is 1. The van der Waals surface area contributed by atoms with Gasteiger partial charge in [-0.1, -0.05) is 11.6 Å². The number of halogens is 1. The first-order chi connectivity index (χ1) is 9.61. The summed E-state index contributed by atoms with van der Waals surface area (Å²) in [6.07, 6.45) is 0.752. The minimum absolute atomic E-state index is 0.102. The van der Waals surface area contributed by atoms with E-state index in [9.17, 15) is 4.79 Å². The average molecular weight is 308 g/mol. The Bertz CT molecular complexity index is 788. The van der Waals surface area contributed by atoms with Crippen LogP contribution in [0.4, 0.5) is 10.7 Å². The van der Waals surface area contributed by atoms with Crippen molar-refractivity contribution in [2.24, 2.45) is 7.05 Å². The number of aryl methyl sites for hydroxylation is 1. The van der Waals surface area contributed by atoms with Crippen molar-refractivity contribution in [2.75, 3.05) is 11.9 Å². The smallest absolute Gasteiger partial charge is 0.280 e. The molecule has 5 nitrogen and oxygen atoms in total. The van der Waals surface area contributed by atoms with Gasteiger partial charge in [-0.15, -0.1) is 0 Å². The van der Waals surface area contributed by atoms with Crippen LogP contribution in [0.2, 0.25) is 5.02 Å². The first-order valence-corrected chi connectivity index (χ1v) is 7.08. The zero-order valence-electron chi connectivity index (χ0n) is 10.6. The van der Waals surface area contributed by atoms with E-state index in [1.54, 1.807) is 13.1 Å². The van der Waals surface area contributed by atoms with E-state index in [-0.39, 0.29) is 11.1 Å². The fourth-order valence-electron chi connectivity index (χ4n) is 2.16. The molecule has 1 aliphatic rings. The Hall–Kier alpha value is -1.97. The van der Waals surface area contributed by atoms with E-state index in [4.69, 9.17) is 21.6 Å². The summed E-state index contributed by atoms with van der Waals surface area (Å²) in [4.78, 5) is 11.8. The molecule has 0 unspecified atom stereocenters. The van der Waals surface area contributed by atoms with Crippen molar-refractivity contribution >= 4 is 33.8 Å². The Morgan fingerprint density at radius 2 is 2.35 bits per heavy atom. The lowest BCUT2D eigenvalue weighted by Gasteiger charge is -2.10. The zero-order valence-corrected chi connectivity index (χ0v) is 12.1. The normalized spacial score (nSPS) is 12.7. The molecule has 1 aromatic heterocycles. The van der Waals surface area contributed by atoms with Crippen LogP contribution < -0.4 is 15.6 Å². The molecule has 7 heteroatoms. The van der Waals surface area contributed by atoms with Gasteiger partial charge in [-0.2, -0.15) is 5.26 Å². The van der Waals surface area contributed by atoms with Crippen molar-refractivity contribution in [2.45, 2.75) is 6.42 Å². The summed E-state index contributed by atoms with van der Waals surface area (Å²) in [5.41, 5.74) is 1.48. The molecule has 1 N–H and O–H groups in total. The van der Waals surface area contributed by atoms with Crippen molar-refractivity contribution in [1.82, 2.24) is 3.96 Å². The number of fused-ring (bicyclic) bond motifs is 1. The molecule has 102 valence electrons. The number of nitriles is 1. The van der Waals surface area contributed by atoms with E-state index in [1.165, 1.54) is 15.5 Å². The topological polar surface area (TPSA) is 67.1 Å². The second kappa shape index (κ2) is 4.85. The minimum Gasteiger partial charge on any atom is -0.493 e. The fraction of sp³-hybridized carbons (Fsp3) is 0.231. The van der Waals surface area contributed by atoms with Crippen molar-refractivity contribution in [3.63, 3.8) is 0 Å². The van der Waals surface area contributed by atoms with Gasteiger partial charge in [0.25, 0.3) is 5.56 Å². The molecule has 0 amide bonds. The predicted molar refractivity (Wildman–Crippen MR) is 78.2 cm³/mol. The highest BCUT2D eigenvalue weighted by Gasteiger charge is 2.21. The molecule has 0 aliphatic carbocycles. The summed E-state index contributed by atoms with van der Waals surface area (Å²) in [7, 11) is 1.62. The Kier molecular flexibility index (Phi) is 3.16. The van der Waals surface area contributed by atoms with Crippen LogP contribution in [0.5, 0.6) is 5.75 Å². The van der Waals surface area contributed by atoms with Crippen molar-refractivity contribution in [3.05, 3.63) is 38.6 Å². The molecule has 0 radical (unpaired) electrons. The van der Waals surface area contributed by atoms with Gasteiger partial charge in [-0.05, 0) is 23.7 Å². The highest BCUT2D eigenvalue weighted by molar-refractivity contribution is 7.11. The van der Waals surface area contributed by atoms with E-state index in [0.717, 1.165) is 17.7 Å². The van der Waals surface area contributed by atoms with Crippen molar-refractivity contribution in [3.8, 4) is 11.8 Å². The molecule has 0 atom stereocenters. The first kappa shape index (κ1) is 13.0. The van der Waals surface area contributed by atoms with Gasteiger partial charge in [0.1, 0.15) is 16.8 Å². The third kappa shape index (κ3) is 1.96. The summed E-state index contributed by atoms with van der Waals surface area (Å²) in [5, 5.41) is 13.3. The summed E-state index contributed by atoms with van der Waals surface area (Å²) in [6.45, 7) is 0.612. The molecular formula is C13H10ClN3O2S. The van der Waals surface area contributed by atoms with Crippen molar-refractivity contribution < 1.29 is 4.74 Å². The Balaban J connectivity index is 2.10. The molecule has 0 saturated heterocycles. The molecule has 0 saturated carbocycles. The molecule has 1 aliphatic heterocycles. The lowest BCUT2D eigenvalue weighted by atomic mass is 10.1. The maximum atomic E-state index is 11.8. The third-order valence-electron chi connectivity index (χ3n) is 3.13. The fourth-order valence-corrected chi connectivity index (χ4v) is 3.20. The van der Waals surface area contributed by atoms with Crippen LogP contribution >= 0.6 is 23.1 Å². The van der Waals surface area contributed by atoms with Gasteiger partial charge in [0.2, 0.25) is 0 Å². The number of anilines is 2. The van der Waals surface area contributed by atoms with E-state index in [1.807, 2.05) is 12.1 Å².